The van der Waals surface area contributed by atoms with Gasteiger partial charge in [-0.1, -0.05) is 157 Å². The minimum Gasteiger partial charge on any atom is -0.579 e. The summed E-state index contributed by atoms with van der Waals surface area (Å²) in [4.78, 5) is 0. The Kier molecular flexibility index (Phi) is 20.2. The number of aromatic nitrogens is 6. The van der Waals surface area contributed by atoms with E-state index >= 15 is 0 Å². The maximum absolute atomic E-state index is 3.77. The summed E-state index contributed by atoms with van der Waals surface area (Å²) in [6.45, 7) is 58.3. The average molecular weight is 832 g/mol. The van der Waals surface area contributed by atoms with Crippen molar-refractivity contribution < 1.29 is 17.4 Å². The van der Waals surface area contributed by atoms with Crippen LogP contribution in [0.3, 0.4) is 0 Å². The number of aryl methyl sites for hydroxylation is 6. The summed E-state index contributed by atoms with van der Waals surface area (Å²) in [6, 6.07) is 5.83. The van der Waals surface area contributed by atoms with Gasteiger partial charge in [0.1, 0.15) is 49.4 Å². The molecule has 0 N–H and O–H groups in total. The molecule has 0 bridgehead atoms. The van der Waals surface area contributed by atoms with Crippen LogP contribution in [0.5, 0.6) is 0 Å². The van der Waals surface area contributed by atoms with E-state index in [0.717, 1.165) is 34.2 Å². The number of rotatable bonds is 9. The van der Waals surface area contributed by atoms with Gasteiger partial charge >= 0.3 is 17.4 Å². The monoisotopic (exact) mass is 830 g/mol. The van der Waals surface area contributed by atoms with Crippen LogP contribution in [-0.2, 0) is 17.4 Å². The van der Waals surface area contributed by atoms with Crippen LogP contribution in [0.1, 0.15) is 34.2 Å². The van der Waals surface area contributed by atoms with Crippen LogP contribution in [0.2, 0.25) is 118 Å². The molecule has 9 nitrogen and oxygen atoms in total. The van der Waals surface area contributed by atoms with Crippen molar-refractivity contribution in [3.63, 3.8) is 0 Å². The van der Waals surface area contributed by atoms with E-state index < -0.39 is 49.4 Å². The van der Waals surface area contributed by atoms with Crippen molar-refractivity contribution in [2.24, 2.45) is 0 Å². The first-order valence-electron chi connectivity index (χ1n) is 17.8. The van der Waals surface area contributed by atoms with E-state index in [9.17, 15) is 0 Å². The van der Waals surface area contributed by atoms with Crippen LogP contribution >= 0.6 is 0 Å². The third-order valence-corrected chi connectivity index (χ3v) is 29.5. The maximum Gasteiger partial charge on any atom is 3.00 e. The quantitative estimate of drug-likeness (QED) is 0.155. The molecule has 0 unspecified atom stereocenters. The molecule has 0 saturated heterocycles. The summed E-state index contributed by atoms with van der Waals surface area (Å²) < 4.78 is 9.44. The van der Waals surface area contributed by atoms with Crippen molar-refractivity contribution in [2.75, 3.05) is 0 Å². The van der Waals surface area contributed by atoms with Gasteiger partial charge < -0.3 is 43.3 Å². The van der Waals surface area contributed by atoms with E-state index in [1.54, 1.807) is 0 Å². The van der Waals surface area contributed by atoms with Crippen LogP contribution in [0.15, 0.2) is 18.2 Å². The Morgan fingerprint density at radius 2 is 0.540 bits per heavy atom. The molecular weight excluding hydrogens is 755 g/mol. The van der Waals surface area contributed by atoms with Gasteiger partial charge in [0.15, 0.2) is 0 Å². The van der Waals surface area contributed by atoms with Crippen molar-refractivity contribution in [1.29, 1.82) is 0 Å². The third kappa shape index (κ3) is 18.4. The molecule has 3 heterocycles. The van der Waals surface area contributed by atoms with E-state index in [4.69, 9.17) is 0 Å². The topological polar surface area (TPSA) is 90.7 Å². The van der Waals surface area contributed by atoms with Crippen molar-refractivity contribution in [3.8, 4) is 0 Å². The van der Waals surface area contributed by atoms with E-state index in [2.05, 4.69) is 161 Å². The van der Waals surface area contributed by atoms with Crippen LogP contribution < -0.4 is 15.3 Å². The van der Waals surface area contributed by atoms with Gasteiger partial charge in [0.05, 0.1) is 6.29 Å². The van der Waals surface area contributed by atoms with Crippen LogP contribution in [-0.4, -0.2) is 83.7 Å². The molecule has 0 aliphatic carbocycles. The summed E-state index contributed by atoms with van der Waals surface area (Å²) >= 11 is 0. The van der Waals surface area contributed by atoms with E-state index in [-0.39, 0.29) is 17.4 Å². The summed E-state index contributed by atoms with van der Waals surface area (Å²) in [5.41, 5.74) is 5.99. The molecular formula is C34H76CrN9Si6. The van der Waals surface area contributed by atoms with E-state index in [1.807, 2.05) is 59.7 Å². The Morgan fingerprint density at radius 3 is 0.600 bits per heavy atom. The molecule has 50 heavy (non-hydrogen) atoms. The van der Waals surface area contributed by atoms with Crippen LogP contribution in [0.25, 0.3) is 0 Å². The van der Waals surface area contributed by atoms with Crippen LogP contribution in [0.4, 0.5) is 0 Å². The molecule has 3 rings (SSSR count). The smallest absolute Gasteiger partial charge is 0.579 e. The molecule has 0 atom stereocenters. The first kappa shape index (κ1) is 51.5. The van der Waals surface area contributed by atoms with Crippen molar-refractivity contribution in [3.05, 3.63) is 52.4 Å². The molecule has 3 aromatic heterocycles. The zero-order valence-corrected chi connectivity index (χ0v) is 44.0. The second-order valence-electron chi connectivity index (χ2n) is 19.4. The van der Waals surface area contributed by atoms with Gasteiger partial charge in [-0.2, -0.15) is 0 Å². The summed E-state index contributed by atoms with van der Waals surface area (Å²) in [5, 5.41) is 22.6. The fraction of sp³-hybridized carbons (Fsp3) is 0.735. The minimum atomic E-state index is -1.53. The van der Waals surface area contributed by atoms with Crippen molar-refractivity contribution >= 4 is 49.4 Å². The molecule has 0 saturated carbocycles. The number of hydrogen-bond acceptors (Lipinski definition) is 6. The SMILES string of the molecule is C[Si](C)(C)N(C(N([Si](C)(C)C)[Si](C)(C)C)N([Si](C)(C)C)[Si](C)(C)C)[Si](C)(C)C.Cc1cc(C)[n-]n1.Cc1cc(C)[n-]n1.Cc1cc(C)[n-]n1.[Cr+3]. The molecule has 1 radical (unpaired) electrons. The Morgan fingerprint density at radius 1 is 0.380 bits per heavy atom. The molecule has 287 valence electrons. The minimum absolute atomic E-state index is 0. The molecule has 0 spiro atoms. The van der Waals surface area contributed by atoms with Gasteiger partial charge in [-0.15, -0.1) is 17.1 Å². The largest absolute Gasteiger partial charge is 3.00 e. The zero-order chi connectivity index (χ0) is 39.1. The Labute approximate surface area is 326 Å². The fourth-order valence-corrected chi connectivity index (χ4v) is 38.1. The number of hydrogen-bond donors (Lipinski definition) is 0. The van der Waals surface area contributed by atoms with Gasteiger partial charge in [-0.05, 0) is 20.8 Å². The first-order chi connectivity index (χ1) is 21.6. The normalized spacial score (nSPS) is 13.0. The Bertz CT molecular complexity index is 1120. The Balaban J connectivity index is 0. The van der Waals surface area contributed by atoms with Gasteiger partial charge in [0.25, 0.3) is 0 Å². The molecule has 3 aromatic rings. The third-order valence-electron chi connectivity index (χ3n) is 7.38. The molecule has 0 aromatic carbocycles. The summed E-state index contributed by atoms with van der Waals surface area (Å²) in [6.07, 6.45) is 0.509. The second kappa shape index (κ2) is 19.6. The van der Waals surface area contributed by atoms with E-state index in [0.29, 0.717) is 6.29 Å². The molecule has 16 heteroatoms. The predicted octanol–water partition coefficient (Wildman–Crippen LogP) is 9.15. The predicted molar refractivity (Wildman–Crippen MR) is 230 cm³/mol. The fourth-order valence-electron chi connectivity index (χ4n) is 7.00. The van der Waals surface area contributed by atoms with Gasteiger partial charge in [0, 0.05) is 17.1 Å². The molecule has 0 amide bonds. The summed E-state index contributed by atoms with van der Waals surface area (Å²) in [7, 11) is -9.15. The average Bonchev–Trinajstić information content (AvgIpc) is 3.49. The maximum atomic E-state index is 3.77. The Hall–Kier alpha value is -0.656. The molecule has 0 aliphatic rings. The molecule has 0 aliphatic heterocycles. The molecule has 0 fully saturated rings. The number of nitrogens with zero attached hydrogens (tertiary/aromatic N) is 9. The first-order valence-corrected chi connectivity index (χ1v) is 38.5. The van der Waals surface area contributed by atoms with Crippen LogP contribution in [0, 0.1) is 41.5 Å². The van der Waals surface area contributed by atoms with E-state index in [1.165, 1.54) is 0 Å². The zero-order valence-electron chi connectivity index (χ0n) is 36.7. The standard InChI is InChI=1S/C19H55N3Si6.3C5H7N2.Cr/c1-23(2,3)20(24(4,5)6)19(21(25(7,8)9)26(10,11)12)22(27(13,14)15)28(16,17)18;3*1-4-3-5(2)7-6-4;/h19H,1-18H3;3*3H,1-2H3;/q;3*-1;+3. The van der Waals surface area contributed by atoms with Gasteiger partial charge in [-0.25, -0.2) is 0 Å². The second-order valence-corrected chi connectivity index (χ2v) is 49.6. The summed E-state index contributed by atoms with van der Waals surface area (Å²) in [5.74, 6) is 0. The van der Waals surface area contributed by atoms with Crippen molar-refractivity contribution in [1.82, 2.24) is 43.3 Å². The van der Waals surface area contributed by atoms with Crippen molar-refractivity contribution in [2.45, 2.75) is 166 Å². The van der Waals surface area contributed by atoms with Gasteiger partial charge in [-0.3, -0.25) is 0 Å². The van der Waals surface area contributed by atoms with Gasteiger partial charge in [0.2, 0.25) is 0 Å².